The van der Waals surface area contributed by atoms with Gasteiger partial charge in [0.2, 0.25) is 5.95 Å². The summed E-state index contributed by atoms with van der Waals surface area (Å²) < 4.78 is 39.5. The SMILES string of the molecule is CC(C)(C)C=Cc1cc(Nc2nccc(C(F)(F)F)n2)cc(-c2cnc(C3(O)CCC(C(=O)O)C(C)(C)C3)s2)c1. The van der Waals surface area contributed by atoms with Crippen LogP contribution < -0.4 is 5.32 Å². The third-order valence-corrected chi connectivity index (χ3v) is 8.20. The minimum Gasteiger partial charge on any atom is -0.481 e. The van der Waals surface area contributed by atoms with Gasteiger partial charge in [0.25, 0.3) is 0 Å². The highest BCUT2D eigenvalue weighted by Crippen LogP contribution is 2.51. The predicted octanol–water partition coefficient (Wildman–Crippen LogP) is 7.52. The van der Waals surface area contributed by atoms with Gasteiger partial charge >= 0.3 is 12.1 Å². The standard InChI is InChI=1S/C29H33F3N4O3S/c1-26(2,3)9-6-17-12-18(14-19(13-17)35-25-33-11-8-22(36-25)29(30,31)32)21-15-34-24(40-21)28(39)10-7-20(23(37)38)27(4,5)16-28/h6,8-9,11-15,20,39H,7,10,16H2,1-5H3,(H,37,38)(H,33,35,36). The van der Waals surface area contributed by atoms with Gasteiger partial charge in [-0.2, -0.15) is 13.2 Å². The average molecular weight is 575 g/mol. The molecule has 0 bridgehead atoms. The normalized spacial score (nSPS) is 21.5. The smallest absolute Gasteiger partial charge is 0.433 e. The van der Waals surface area contributed by atoms with E-state index in [1.54, 1.807) is 18.3 Å². The average Bonchev–Trinajstić information content (AvgIpc) is 3.32. The number of alkyl halides is 3. The van der Waals surface area contributed by atoms with E-state index in [2.05, 4.69) is 41.0 Å². The molecule has 7 nitrogen and oxygen atoms in total. The molecule has 3 aromatic rings. The first-order valence-corrected chi connectivity index (χ1v) is 13.7. The molecule has 214 valence electrons. The number of thiazole rings is 1. The van der Waals surface area contributed by atoms with Gasteiger partial charge in [-0.25, -0.2) is 15.0 Å². The van der Waals surface area contributed by atoms with Gasteiger partial charge in [0, 0.05) is 18.1 Å². The maximum atomic E-state index is 13.2. The molecule has 2 unspecified atom stereocenters. The summed E-state index contributed by atoms with van der Waals surface area (Å²) in [6.07, 6.45) is 2.97. The molecule has 2 aromatic heterocycles. The van der Waals surface area contributed by atoms with E-state index < -0.39 is 34.8 Å². The van der Waals surface area contributed by atoms with Crippen molar-refractivity contribution in [3.05, 3.63) is 59.0 Å². The number of aliphatic hydroxyl groups is 1. The van der Waals surface area contributed by atoms with E-state index in [0.29, 0.717) is 17.1 Å². The number of hydrogen-bond acceptors (Lipinski definition) is 7. The second-order valence-electron chi connectivity index (χ2n) is 12.1. The van der Waals surface area contributed by atoms with E-state index in [0.717, 1.165) is 28.3 Å². The number of nitrogens with zero attached hydrogens (tertiary/aromatic N) is 3. The first-order valence-electron chi connectivity index (χ1n) is 12.9. The van der Waals surface area contributed by atoms with Gasteiger partial charge in [-0.1, -0.05) is 46.8 Å². The fourth-order valence-electron chi connectivity index (χ4n) is 5.02. The van der Waals surface area contributed by atoms with Crippen molar-refractivity contribution in [3.63, 3.8) is 0 Å². The van der Waals surface area contributed by atoms with Crippen LogP contribution in [0.5, 0.6) is 0 Å². The van der Waals surface area contributed by atoms with Crippen LogP contribution in [0, 0.1) is 16.7 Å². The topological polar surface area (TPSA) is 108 Å². The lowest BCUT2D eigenvalue weighted by atomic mass is 9.63. The van der Waals surface area contributed by atoms with Crippen molar-refractivity contribution >= 4 is 35.0 Å². The van der Waals surface area contributed by atoms with Crippen LogP contribution in [0.2, 0.25) is 0 Å². The minimum absolute atomic E-state index is 0.101. The number of halogens is 3. The molecule has 2 heterocycles. The Morgan fingerprint density at radius 2 is 1.90 bits per heavy atom. The van der Waals surface area contributed by atoms with E-state index in [-0.39, 0.29) is 24.2 Å². The van der Waals surface area contributed by atoms with Gasteiger partial charge < -0.3 is 15.5 Å². The molecule has 1 aromatic carbocycles. The molecule has 1 fully saturated rings. The highest BCUT2D eigenvalue weighted by Gasteiger charge is 2.49. The fraction of sp³-hybridized carbons (Fsp3) is 0.448. The number of allylic oxidation sites excluding steroid dienone is 1. The number of aromatic nitrogens is 3. The zero-order valence-corrected chi connectivity index (χ0v) is 23.8. The Morgan fingerprint density at radius 3 is 2.52 bits per heavy atom. The summed E-state index contributed by atoms with van der Waals surface area (Å²) in [6, 6.07) is 6.31. The Bertz CT molecular complexity index is 1430. The second kappa shape index (κ2) is 10.6. The van der Waals surface area contributed by atoms with Gasteiger partial charge in [-0.15, -0.1) is 11.3 Å². The second-order valence-corrected chi connectivity index (χ2v) is 13.1. The maximum Gasteiger partial charge on any atom is 0.433 e. The van der Waals surface area contributed by atoms with Gasteiger partial charge in [-0.05, 0) is 65.5 Å². The monoisotopic (exact) mass is 574 g/mol. The summed E-state index contributed by atoms with van der Waals surface area (Å²) in [7, 11) is 0. The highest BCUT2D eigenvalue weighted by atomic mass is 32.1. The Hall–Kier alpha value is -3.31. The Labute approximate surface area is 235 Å². The van der Waals surface area contributed by atoms with Crippen LogP contribution >= 0.6 is 11.3 Å². The molecule has 0 saturated heterocycles. The molecule has 1 aliphatic rings. The lowest BCUT2D eigenvalue weighted by molar-refractivity contribution is -0.154. The summed E-state index contributed by atoms with van der Waals surface area (Å²) in [5, 5.41) is 24.5. The van der Waals surface area contributed by atoms with Gasteiger partial charge in [0.15, 0.2) is 0 Å². The molecule has 2 atom stereocenters. The van der Waals surface area contributed by atoms with Crippen molar-refractivity contribution in [3.8, 4) is 10.4 Å². The van der Waals surface area contributed by atoms with Gasteiger partial charge in [-0.3, -0.25) is 4.79 Å². The van der Waals surface area contributed by atoms with Gasteiger partial charge in [0.05, 0.1) is 10.8 Å². The summed E-state index contributed by atoms with van der Waals surface area (Å²) in [4.78, 5) is 24.5. The number of carboxylic acids is 1. The van der Waals surface area contributed by atoms with Crippen molar-refractivity contribution in [1.82, 2.24) is 15.0 Å². The predicted molar refractivity (Wildman–Crippen MR) is 149 cm³/mol. The van der Waals surface area contributed by atoms with Crippen molar-refractivity contribution in [2.45, 2.75) is 65.7 Å². The number of carboxylic acid groups (broad SMARTS) is 1. The van der Waals surface area contributed by atoms with Crippen LogP contribution in [-0.4, -0.2) is 31.1 Å². The van der Waals surface area contributed by atoms with E-state index in [4.69, 9.17) is 0 Å². The molecule has 0 radical (unpaired) electrons. The largest absolute Gasteiger partial charge is 0.481 e. The molecule has 0 amide bonds. The van der Waals surface area contributed by atoms with Crippen molar-refractivity contribution in [2.75, 3.05) is 5.32 Å². The summed E-state index contributed by atoms with van der Waals surface area (Å²) >= 11 is 1.31. The van der Waals surface area contributed by atoms with Crippen molar-refractivity contribution in [2.24, 2.45) is 16.7 Å². The number of benzene rings is 1. The van der Waals surface area contributed by atoms with Crippen LogP contribution in [-0.2, 0) is 16.6 Å². The lowest BCUT2D eigenvalue weighted by Gasteiger charge is -2.44. The van der Waals surface area contributed by atoms with Crippen LogP contribution in [0.1, 0.15) is 70.1 Å². The molecule has 0 spiro atoms. The van der Waals surface area contributed by atoms with Crippen molar-refractivity contribution in [1.29, 1.82) is 0 Å². The number of nitrogens with one attached hydrogen (secondary N) is 1. The number of hydrogen-bond donors (Lipinski definition) is 3. The maximum absolute atomic E-state index is 13.2. The van der Waals surface area contributed by atoms with E-state index in [1.165, 1.54) is 11.3 Å². The molecule has 0 aliphatic heterocycles. The van der Waals surface area contributed by atoms with Crippen molar-refractivity contribution < 1.29 is 28.2 Å². The molecule has 4 rings (SSSR count). The Balaban J connectivity index is 1.69. The van der Waals surface area contributed by atoms with E-state index >= 15 is 0 Å². The van der Waals surface area contributed by atoms with E-state index in [9.17, 15) is 28.2 Å². The minimum atomic E-state index is -4.60. The molecule has 1 saturated carbocycles. The number of carbonyl (C=O) groups is 1. The quantitative estimate of drug-likeness (QED) is 0.279. The fourth-order valence-corrected chi connectivity index (χ4v) is 6.04. The molecule has 11 heteroatoms. The first-order chi connectivity index (χ1) is 18.5. The van der Waals surface area contributed by atoms with Crippen LogP contribution in [0.15, 0.2) is 42.7 Å². The van der Waals surface area contributed by atoms with Crippen LogP contribution in [0.25, 0.3) is 16.5 Å². The molecular formula is C29H33F3N4O3S. The third-order valence-electron chi connectivity index (χ3n) is 6.96. The molecule has 40 heavy (non-hydrogen) atoms. The molecular weight excluding hydrogens is 541 g/mol. The van der Waals surface area contributed by atoms with Gasteiger partial charge in [0.1, 0.15) is 16.3 Å². The zero-order valence-electron chi connectivity index (χ0n) is 23.0. The Morgan fingerprint density at radius 1 is 1.18 bits per heavy atom. The van der Waals surface area contributed by atoms with Crippen LogP contribution in [0.3, 0.4) is 0 Å². The third kappa shape index (κ3) is 6.87. The Kier molecular flexibility index (Phi) is 7.85. The van der Waals surface area contributed by atoms with E-state index in [1.807, 2.05) is 32.1 Å². The zero-order chi connectivity index (χ0) is 29.5. The lowest BCUT2D eigenvalue weighted by Crippen LogP contribution is -2.44. The number of rotatable bonds is 6. The highest BCUT2D eigenvalue weighted by molar-refractivity contribution is 7.15. The van der Waals surface area contributed by atoms with Crippen LogP contribution in [0.4, 0.5) is 24.8 Å². The summed E-state index contributed by atoms with van der Waals surface area (Å²) in [5.41, 5.74) is -0.984. The number of anilines is 2. The molecule has 3 N–H and O–H groups in total. The first kappa shape index (κ1) is 29.7. The summed E-state index contributed by atoms with van der Waals surface area (Å²) in [5.74, 6) is -1.60. The molecule has 1 aliphatic carbocycles. The summed E-state index contributed by atoms with van der Waals surface area (Å²) in [6.45, 7) is 9.87. The number of aliphatic carboxylic acids is 1.